The first-order valence-electron chi connectivity index (χ1n) is 8.46. The molecule has 0 aliphatic heterocycles. The molecule has 130 valence electrons. The third kappa shape index (κ3) is 4.60. The van der Waals surface area contributed by atoms with Gasteiger partial charge in [-0.2, -0.15) is 0 Å². The minimum absolute atomic E-state index is 0.369. The second kappa shape index (κ2) is 7.51. The van der Waals surface area contributed by atoms with Gasteiger partial charge in [-0.15, -0.1) is 0 Å². The Morgan fingerprint density at radius 2 is 1.88 bits per heavy atom. The van der Waals surface area contributed by atoms with E-state index in [1.54, 1.807) is 0 Å². The maximum Gasteiger partial charge on any atom is 0.408 e. The van der Waals surface area contributed by atoms with Crippen molar-refractivity contribution in [3.05, 3.63) is 53.1 Å². The fourth-order valence-corrected chi connectivity index (χ4v) is 2.57. The quantitative estimate of drug-likeness (QED) is 0.866. The van der Waals surface area contributed by atoms with Gasteiger partial charge in [-0.3, -0.25) is 0 Å². The van der Waals surface area contributed by atoms with E-state index in [-0.39, 0.29) is 6.04 Å². The molecule has 5 nitrogen and oxygen atoms in total. The summed E-state index contributed by atoms with van der Waals surface area (Å²) in [6.07, 6.45) is 1.28. The molecule has 2 rings (SSSR count). The second-order valence-corrected chi connectivity index (χ2v) is 6.74. The first-order chi connectivity index (χ1) is 11.3. The highest BCUT2D eigenvalue weighted by atomic mass is 16.6. The van der Waals surface area contributed by atoms with Crippen molar-refractivity contribution in [1.82, 2.24) is 15.3 Å². The Morgan fingerprint density at radius 3 is 2.38 bits per heavy atom. The number of aryl methyl sites for hydroxylation is 2. The number of hydrogen-bond donors (Lipinski definition) is 2. The highest BCUT2D eigenvalue weighted by Crippen LogP contribution is 2.22. The summed E-state index contributed by atoms with van der Waals surface area (Å²) in [5, 5.41) is 2.94. The molecule has 0 radical (unpaired) electrons. The van der Waals surface area contributed by atoms with Crippen molar-refractivity contribution in [2.45, 2.75) is 59.1 Å². The summed E-state index contributed by atoms with van der Waals surface area (Å²) >= 11 is 0. The molecule has 1 aromatic heterocycles. The molecule has 2 N–H and O–H groups in total. The van der Waals surface area contributed by atoms with Gasteiger partial charge in [-0.1, -0.05) is 44.2 Å². The highest BCUT2D eigenvalue weighted by Gasteiger charge is 2.24. The van der Waals surface area contributed by atoms with Crippen molar-refractivity contribution in [3.63, 3.8) is 0 Å². The lowest BCUT2D eigenvalue weighted by molar-refractivity contribution is 0.0510. The predicted octanol–water partition coefficient (Wildman–Crippen LogP) is 4.15. The maximum atomic E-state index is 12.3. The standard InChI is InChI=1S/C19H27N3O2/c1-6-14-15(7-2)21-17(20-14)16(13-11-9-8-10-12-13)22-18(23)24-19(3,4)5/h8-12,16H,6-7H2,1-5H3,(H,20,21)(H,22,23)/t16-/m1/s1. The molecule has 0 spiro atoms. The third-order valence-corrected chi connectivity index (χ3v) is 3.64. The number of ether oxygens (including phenoxy) is 1. The molecule has 1 atom stereocenters. The highest BCUT2D eigenvalue weighted by molar-refractivity contribution is 5.69. The van der Waals surface area contributed by atoms with E-state index >= 15 is 0 Å². The van der Waals surface area contributed by atoms with Crippen LogP contribution < -0.4 is 5.32 Å². The van der Waals surface area contributed by atoms with Gasteiger partial charge in [0.25, 0.3) is 0 Å². The Labute approximate surface area is 143 Å². The van der Waals surface area contributed by atoms with Crippen molar-refractivity contribution in [1.29, 1.82) is 0 Å². The number of rotatable bonds is 5. The Morgan fingerprint density at radius 1 is 1.21 bits per heavy atom. The Hall–Kier alpha value is -2.30. The Bertz CT molecular complexity index is 650. The zero-order valence-corrected chi connectivity index (χ0v) is 15.1. The summed E-state index contributed by atoms with van der Waals surface area (Å²) in [4.78, 5) is 20.3. The van der Waals surface area contributed by atoms with Crippen LogP contribution in [0.25, 0.3) is 0 Å². The van der Waals surface area contributed by atoms with Gasteiger partial charge in [-0.05, 0) is 39.2 Å². The second-order valence-electron chi connectivity index (χ2n) is 6.74. The van der Waals surface area contributed by atoms with Crippen molar-refractivity contribution < 1.29 is 9.53 Å². The number of hydrogen-bond acceptors (Lipinski definition) is 3. The van der Waals surface area contributed by atoms with Gasteiger partial charge in [0.15, 0.2) is 0 Å². The van der Waals surface area contributed by atoms with E-state index in [2.05, 4.69) is 24.1 Å². The lowest BCUT2D eigenvalue weighted by atomic mass is 10.1. The Kier molecular flexibility index (Phi) is 5.65. The fourth-order valence-electron chi connectivity index (χ4n) is 2.57. The van der Waals surface area contributed by atoms with E-state index in [4.69, 9.17) is 9.72 Å². The molecule has 0 bridgehead atoms. The topological polar surface area (TPSA) is 67.0 Å². The number of nitrogens with one attached hydrogen (secondary N) is 2. The number of nitrogens with zero attached hydrogens (tertiary/aromatic N) is 1. The van der Waals surface area contributed by atoms with E-state index in [1.165, 1.54) is 0 Å². The summed E-state index contributed by atoms with van der Waals surface area (Å²) in [7, 11) is 0. The van der Waals surface area contributed by atoms with E-state index in [9.17, 15) is 4.79 Å². The van der Waals surface area contributed by atoms with E-state index in [0.717, 1.165) is 35.6 Å². The van der Waals surface area contributed by atoms with E-state index in [1.807, 2.05) is 51.1 Å². The van der Waals surface area contributed by atoms with Gasteiger partial charge < -0.3 is 15.0 Å². The fraction of sp³-hybridized carbons (Fsp3) is 0.474. The molecule has 24 heavy (non-hydrogen) atoms. The number of benzene rings is 1. The normalized spacial score (nSPS) is 12.7. The molecule has 5 heteroatoms. The summed E-state index contributed by atoms with van der Waals surface area (Å²) in [5.41, 5.74) is 2.57. The smallest absolute Gasteiger partial charge is 0.408 e. The van der Waals surface area contributed by atoms with Crippen LogP contribution in [0, 0.1) is 0 Å². The number of carbonyl (C=O) groups is 1. The summed E-state index contributed by atoms with van der Waals surface area (Å²) in [6.45, 7) is 9.72. The molecular formula is C19H27N3O2. The number of amides is 1. The van der Waals surface area contributed by atoms with Crippen LogP contribution in [0.2, 0.25) is 0 Å². The number of imidazole rings is 1. The summed E-state index contributed by atoms with van der Waals surface area (Å²) < 4.78 is 5.41. The molecule has 2 aromatic rings. The average Bonchev–Trinajstić information content (AvgIpc) is 2.95. The van der Waals surface area contributed by atoms with Gasteiger partial charge >= 0.3 is 6.09 Å². The number of carbonyl (C=O) groups excluding carboxylic acids is 1. The van der Waals surface area contributed by atoms with Crippen molar-refractivity contribution in [2.24, 2.45) is 0 Å². The monoisotopic (exact) mass is 329 g/mol. The largest absolute Gasteiger partial charge is 0.444 e. The lowest BCUT2D eigenvalue weighted by Gasteiger charge is -2.23. The van der Waals surface area contributed by atoms with Crippen LogP contribution in [-0.4, -0.2) is 21.7 Å². The van der Waals surface area contributed by atoms with Gasteiger partial charge in [0, 0.05) is 5.69 Å². The average molecular weight is 329 g/mol. The van der Waals surface area contributed by atoms with Gasteiger partial charge in [-0.25, -0.2) is 9.78 Å². The number of aromatic nitrogens is 2. The van der Waals surface area contributed by atoms with Crippen LogP contribution in [0.3, 0.4) is 0 Å². The molecule has 1 heterocycles. The number of H-pyrrole nitrogens is 1. The SMILES string of the molecule is CCc1nc([C@H](NC(=O)OC(C)(C)C)c2ccccc2)[nH]c1CC. The summed E-state index contributed by atoms with van der Waals surface area (Å²) in [6, 6.07) is 9.42. The van der Waals surface area contributed by atoms with Gasteiger partial charge in [0.1, 0.15) is 17.5 Å². The molecule has 0 fully saturated rings. The summed E-state index contributed by atoms with van der Waals surface area (Å²) in [5.74, 6) is 0.737. The lowest BCUT2D eigenvalue weighted by Crippen LogP contribution is -2.35. The van der Waals surface area contributed by atoms with Crippen LogP contribution in [0.4, 0.5) is 4.79 Å². The van der Waals surface area contributed by atoms with Crippen LogP contribution in [0.1, 0.15) is 63.4 Å². The third-order valence-electron chi connectivity index (χ3n) is 3.64. The van der Waals surface area contributed by atoms with E-state index in [0.29, 0.717) is 0 Å². The number of aromatic amines is 1. The van der Waals surface area contributed by atoms with Crippen LogP contribution >= 0.6 is 0 Å². The molecule has 0 aliphatic rings. The van der Waals surface area contributed by atoms with Crippen molar-refractivity contribution in [3.8, 4) is 0 Å². The zero-order chi connectivity index (χ0) is 17.7. The molecular weight excluding hydrogens is 302 g/mol. The number of alkyl carbamates (subject to hydrolysis) is 1. The van der Waals surface area contributed by atoms with Crippen molar-refractivity contribution in [2.75, 3.05) is 0 Å². The molecule has 0 unspecified atom stereocenters. The molecule has 1 amide bonds. The van der Waals surface area contributed by atoms with Crippen LogP contribution in [0.15, 0.2) is 30.3 Å². The first-order valence-corrected chi connectivity index (χ1v) is 8.46. The molecule has 1 aromatic carbocycles. The van der Waals surface area contributed by atoms with Crippen LogP contribution in [0.5, 0.6) is 0 Å². The van der Waals surface area contributed by atoms with E-state index < -0.39 is 11.7 Å². The first kappa shape index (κ1) is 18.0. The molecule has 0 saturated heterocycles. The minimum Gasteiger partial charge on any atom is -0.444 e. The predicted molar refractivity (Wildman–Crippen MR) is 95.0 cm³/mol. The Balaban J connectivity index is 2.33. The molecule has 0 aliphatic carbocycles. The van der Waals surface area contributed by atoms with Gasteiger partial charge in [0.2, 0.25) is 0 Å². The molecule has 0 saturated carbocycles. The maximum absolute atomic E-state index is 12.3. The zero-order valence-electron chi connectivity index (χ0n) is 15.1. The van der Waals surface area contributed by atoms with Gasteiger partial charge in [0.05, 0.1) is 5.69 Å². The minimum atomic E-state index is -0.544. The van der Waals surface area contributed by atoms with Crippen LogP contribution in [-0.2, 0) is 17.6 Å². The van der Waals surface area contributed by atoms with Crippen molar-refractivity contribution >= 4 is 6.09 Å².